The number of fused-ring (bicyclic) bond motifs is 1. The SMILES string of the molecule is CN1CCN(C(=O)c2cc(Cl)ncc2Cl)c2ccccc21. The van der Waals surface area contributed by atoms with Crippen LogP contribution in [0.2, 0.25) is 10.2 Å². The van der Waals surface area contributed by atoms with Gasteiger partial charge in [0.2, 0.25) is 0 Å². The largest absolute Gasteiger partial charge is 0.371 e. The molecule has 0 radical (unpaired) electrons. The second-order valence-corrected chi connectivity index (χ2v) is 5.65. The molecule has 1 aromatic heterocycles. The lowest BCUT2D eigenvalue weighted by molar-refractivity contribution is 0.0987. The highest BCUT2D eigenvalue weighted by molar-refractivity contribution is 6.35. The Hall–Kier alpha value is -1.78. The molecule has 4 nitrogen and oxygen atoms in total. The lowest BCUT2D eigenvalue weighted by Gasteiger charge is -2.35. The zero-order valence-electron chi connectivity index (χ0n) is 11.4. The number of aromatic nitrogens is 1. The van der Waals surface area contributed by atoms with Crippen LogP contribution in [0.4, 0.5) is 11.4 Å². The Morgan fingerprint density at radius 2 is 1.90 bits per heavy atom. The van der Waals surface area contributed by atoms with E-state index in [1.165, 1.54) is 12.3 Å². The summed E-state index contributed by atoms with van der Waals surface area (Å²) in [7, 11) is 2.01. The van der Waals surface area contributed by atoms with Gasteiger partial charge in [0, 0.05) is 26.3 Å². The molecule has 1 aliphatic heterocycles. The molecule has 0 saturated heterocycles. The summed E-state index contributed by atoms with van der Waals surface area (Å²) in [5.74, 6) is -0.162. The summed E-state index contributed by atoms with van der Waals surface area (Å²) >= 11 is 12.0. The van der Waals surface area contributed by atoms with E-state index in [1.807, 2.05) is 31.3 Å². The topological polar surface area (TPSA) is 36.4 Å². The van der Waals surface area contributed by atoms with Crippen molar-refractivity contribution in [1.82, 2.24) is 4.98 Å². The summed E-state index contributed by atoms with van der Waals surface area (Å²) in [5, 5.41) is 0.561. The van der Waals surface area contributed by atoms with Gasteiger partial charge in [-0.25, -0.2) is 4.98 Å². The zero-order chi connectivity index (χ0) is 15.0. The number of pyridine rings is 1. The lowest BCUT2D eigenvalue weighted by Crippen LogP contribution is -2.42. The average Bonchev–Trinajstić information content (AvgIpc) is 2.50. The molecule has 1 aromatic carbocycles. The van der Waals surface area contributed by atoms with E-state index in [2.05, 4.69) is 9.88 Å². The number of carbonyl (C=O) groups is 1. The number of nitrogens with zero attached hydrogens (tertiary/aromatic N) is 3. The third-order valence-electron chi connectivity index (χ3n) is 3.54. The van der Waals surface area contributed by atoms with E-state index in [1.54, 1.807) is 4.90 Å². The molecule has 1 aliphatic rings. The second kappa shape index (κ2) is 5.54. The van der Waals surface area contributed by atoms with Gasteiger partial charge in [0.05, 0.1) is 22.0 Å². The van der Waals surface area contributed by atoms with Gasteiger partial charge >= 0.3 is 0 Å². The third kappa shape index (κ3) is 2.57. The van der Waals surface area contributed by atoms with E-state index >= 15 is 0 Å². The molecule has 21 heavy (non-hydrogen) atoms. The Morgan fingerprint density at radius 3 is 2.67 bits per heavy atom. The Labute approximate surface area is 132 Å². The first-order valence-electron chi connectivity index (χ1n) is 6.51. The molecule has 2 aromatic rings. The standard InChI is InChI=1S/C15H13Cl2N3O/c1-19-6-7-20(13-5-3-2-4-12(13)19)15(21)10-8-14(17)18-9-11(10)16/h2-5,8-9H,6-7H2,1H3. The summed E-state index contributed by atoms with van der Waals surface area (Å²) in [6.07, 6.45) is 1.40. The normalized spacial score (nSPS) is 14.0. The fourth-order valence-corrected chi connectivity index (χ4v) is 2.78. The van der Waals surface area contributed by atoms with E-state index in [4.69, 9.17) is 23.2 Å². The summed E-state index contributed by atoms with van der Waals surface area (Å²) < 4.78 is 0. The maximum atomic E-state index is 12.8. The fraction of sp³-hybridized carbons (Fsp3) is 0.200. The molecule has 0 spiro atoms. The van der Waals surface area contributed by atoms with Gasteiger partial charge in [0.1, 0.15) is 5.15 Å². The molecular formula is C15H13Cl2N3O. The van der Waals surface area contributed by atoms with Crippen molar-refractivity contribution in [2.75, 3.05) is 29.9 Å². The second-order valence-electron chi connectivity index (χ2n) is 4.85. The Kier molecular flexibility index (Phi) is 3.74. The van der Waals surface area contributed by atoms with Gasteiger partial charge in [-0.3, -0.25) is 4.79 Å². The number of amides is 1. The first-order valence-corrected chi connectivity index (χ1v) is 7.26. The van der Waals surface area contributed by atoms with Crippen molar-refractivity contribution in [3.05, 3.63) is 52.3 Å². The lowest BCUT2D eigenvalue weighted by atomic mass is 10.1. The maximum Gasteiger partial charge on any atom is 0.260 e. The smallest absolute Gasteiger partial charge is 0.260 e. The van der Waals surface area contributed by atoms with E-state index in [-0.39, 0.29) is 11.1 Å². The van der Waals surface area contributed by atoms with E-state index in [0.29, 0.717) is 17.1 Å². The highest BCUT2D eigenvalue weighted by atomic mass is 35.5. The van der Waals surface area contributed by atoms with Crippen molar-refractivity contribution in [2.24, 2.45) is 0 Å². The van der Waals surface area contributed by atoms with Gasteiger partial charge in [0.15, 0.2) is 0 Å². The molecule has 0 saturated carbocycles. The summed E-state index contributed by atoms with van der Waals surface area (Å²) in [5.41, 5.74) is 2.27. The minimum atomic E-state index is -0.162. The van der Waals surface area contributed by atoms with Gasteiger partial charge in [0.25, 0.3) is 5.91 Å². The first kappa shape index (κ1) is 14.2. The van der Waals surface area contributed by atoms with Crippen LogP contribution in [0.5, 0.6) is 0 Å². The molecule has 1 amide bonds. The van der Waals surface area contributed by atoms with Gasteiger partial charge in [-0.2, -0.15) is 0 Å². The molecule has 108 valence electrons. The average molecular weight is 322 g/mol. The van der Waals surface area contributed by atoms with Crippen LogP contribution in [0.15, 0.2) is 36.5 Å². The fourth-order valence-electron chi connectivity index (χ4n) is 2.44. The van der Waals surface area contributed by atoms with Crippen LogP contribution < -0.4 is 9.80 Å². The number of carbonyl (C=O) groups excluding carboxylic acids is 1. The van der Waals surface area contributed by atoms with Crippen molar-refractivity contribution in [3.8, 4) is 0 Å². The number of rotatable bonds is 1. The van der Waals surface area contributed by atoms with Crippen molar-refractivity contribution >= 4 is 40.5 Å². The number of halogens is 2. The molecule has 6 heteroatoms. The van der Waals surface area contributed by atoms with Gasteiger partial charge in [-0.1, -0.05) is 35.3 Å². The first-order chi connectivity index (χ1) is 10.1. The van der Waals surface area contributed by atoms with Crippen molar-refractivity contribution in [1.29, 1.82) is 0 Å². The van der Waals surface area contributed by atoms with Gasteiger partial charge in [-0.15, -0.1) is 0 Å². The highest BCUT2D eigenvalue weighted by Gasteiger charge is 2.27. The molecule has 0 bridgehead atoms. The number of likely N-dealkylation sites (N-methyl/N-ethyl adjacent to an activating group) is 1. The minimum Gasteiger partial charge on any atom is -0.371 e. The third-order valence-corrected chi connectivity index (χ3v) is 4.05. The van der Waals surface area contributed by atoms with E-state index in [9.17, 15) is 4.79 Å². The monoisotopic (exact) mass is 321 g/mol. The molecule has 0 atom stereocenters. The van der Waals surface area contributed by atoms with E-state index < -0.39 is 0 Å². The molecule has 0 aliphatic carbocycles. The number of hydrogen-bond acceptors (Lipinski definition) is 3. The summed E-state index contributed by atoms with van der Waals surface area (Å²) in [6, 6.07) is 9.31. The van der Waals surface area contributed by atoms with Crippen LogP contribution in [-0.4, -0.2) is 31.0 Å². The quantitative estimate of drug-likeness (QED) is 0.754. The number of hydrogen-bond donors (Lipinski definition) is 0. The van der Waals surface area contributed by atoms with Crippen LogP contribution in [0.1, 0.15) is 10.4 Å². The van der Waals surface area contributed by atoms with Gasteiger partial charge < -0.3 is 9.80 Å². The van der Waals surface area contributed by atoms with E-state index in [0.717, 1.165) is 17.9 Å². The Morgan fingerprint density at radius 1 is 1.19 bits per heavy atom. The number of anilines is 2. The van der Waals surface area contributed by atoms with Crippen LogP contribution >= 0.6 is 23.2 Å². The molecule has 0 unspecified atom stereocenters. The van der Waals surface area contributed by atoms with Crippen LogP contribution in [0, 0.1) is 0 Å². The Bertz CT molecular complexity index is 705. The molecule has 0 fully saturated rings. The maximum absolute atomic E-state index is 12.8. The summed E-state index contributed by atoms with van der Waals surface area (Å²) in [4.78, 5) is 20.5. The zero-order valence-corrected chi connectivity index (χ0v) is 12.9. The Balaban J connectivity index is 2.03. The van der Waals surface area contributed by atoms with Crippen LogP contribution in [-0.2, 0) is 0 Å². The van der Waals surface area contributed by atoms with Crippen molar-refractivity contribution in [2.45, 2.75) is 0 Å². The molecule has 3 rings (SSSR count). The van der Waals surface area contributed by atoms with Crippen LogP contribution in [0.3, 0.4) is 0 Å². The molecule has 2 heterocycles. The predicted molar refractivity (Wildman–Crippen MR) is 85.6 cm³/mol. The highest BCUT2D eigenvalue weighted by Crippen LogP contribution is 2.33. The van der Waals surface area contributed by atoms with Crippen molar-refractivity contribution in [3.63, 3.8) is 0 Å². The number of benzene rings is 1. The molecular weight excluding hydrogens is 309 g/mol. The predicted octanol–water partition coefficient (Wildman–Crippen LogP) is 3.49. The van der Waals surface area contributed by atoms with Crippen molar-refractivity contribution < 1.29 is 4.79 Å². The minimum absolute atomic E-state index is 0.162. The molecule has 0 N–H and O–H groups in total. The van der Waals surface area contributed by atoms with Gasteiger partial charge in [-0.05, 0) is 18.2 Å². The van der Waals surface area contributed by atoms with Crippen LogP contribution in [0.25, 0.3) is 0 Å². The number of para-hydroxylation sites is 2. The summed E-state index contributed by atoms with van der Waals surface area (Å²) in [6.45, 7) is 1.36.